The van der Waals surface area contributed by atoms with Crippen molar-refractivity contribution in [2.45, 2.75) is 19.8 Å². The van der Waals surface area contributed by atoms with Gasteiger partial charge in [0.1, 0.15) is 0 Å². The van der Waals surface area contributed by atoms with Crippen molar-refractivity contribution in [1.82, 2.24) is 0 Å². The van der Waals surface area contributed by atoms with Gasteiger partial charge in [-0.25, -0.2) is 0 Å². The third-order valence-electron chi connectivity index (χ3n) is 2.51. The Balaban J connectivity index is 2.27. The summed E-state index contributed by atoms with van der Waals surface area (Å²) in [5, 5.41) is 3.83. The maximum Gasteiger partial charge on any atom is 0.193 e. The predicted octanol–water partition coefficient (Wildman–Crippen LogP) is 3.93. The van der Waals surface area contributed by atoms with Crippen LogP contribution < -0.4 is 0 Å². The van der Waals surface area contributed by atoms with Crippen molar-refractivity contribution in [3.8, 4) is 0 Å². The summed E-state index contributed by atoms with van der Waals surface area (Å²) >= 11 is 1.56. The normalized spacial score (nSPS) is 10.3. The van der Waals surface area contributed by atoms with Crippen LogP contribution in [0.4, 0.5) is 0 Å². The van der Waals surface area contributed by atoms with E-state index in [0.29, 0.717) is 0 Å². The van der Waals surface area contributed by atoms with Gasteiger partial charge < -0.3 is 0 Å². The molecule has 16 heavy (non-hydrogen) atoms. The fraction of sp³-hybridized carbons (Fsp3) is 0.214. The number of hydrogen-bond donors (Lipinski definition) is 0. The lowest BCUT2D eigenvalue weighted by Gasteiger charge is -2.02. The first-order valence-corrected chi connectivity index (χ1v) is 6.41. The Morgan fingerprint density at radius 3 is 2.81 bits per heavy atom. The zero-order valence-electron chi connectivity index (χ0n) is 9.27. The minimum atomic E-state index is 0.124. The van der Waals surface area contributed by atoms with Gasteiger partial charge in [0.2, 0.25) is 0 Å². The minimum absolute atomic E-state index is 0.124. The Bertz CT molecular complexity index is 471. The molecule has 0 saturated carbocycles. The first-order valence-electron chi connectivity index (χ1n) is 5.47. The lowest BCUT2D eigenvalue weighted by atomic mass is 10.0. The smallest absolute Gasteiger partial charge is 0.193 e. The number of benzene rings is 1. The van der Waals surface area contributed by atoms with E-state index in [4.69, 9.17) is 0 Å². The van der Waals surface area contributed by atoms with E-state index in [-0.39, 0.29) is 5.78 Å². The van der Waals surface area contributed by atoms with Crippen molar-refractivity contribution >= 4 is 17.1 Å². The van der Waals surface area contributed by atoms with Crippen molar-refractivity contribution in [2.24, 2.45) is 0 Å². The molecule has 0 radical (unpaired) electrons. The van der Waals surface area contributed by atoms with Crippen LogP contribution >= 0.6 is 11.3 Å². The molecule has 0 atom stereocenters. The van der Waals surface area contributed by atoms with E-state index in [9.17, 15) is 4.79 Å². The average Bonchev–Trinajstić information content (AvgIpc) is 2.82. The Morgan fingerprint density at radius 1 is 1.25 bits per heavy atom. The monoisotopic (exact) mass is 230 g/mol. The second-order valence-corrected chi connectivity index (χ2v) is 4.57. The lowest BCUT2D eigenvalue weighted by Crippen LogP contribution is -2.00. The molecule has 2 aromatic rings. The second kappa shape index (κ2) is 5.08. The van der Waals surface area contributed by atoms with Gasteiger partial charge in [-0.2, -0.15) is 11.3 Å². The summed E-state index contributed by atoms with van der Waals surface area (Å²) in [4.78, 5) is 12.1. The first kappa shape index (κ1) is 11.1. The van der Waals surface area contributed by atoms with Gasteiger partial charge in [-0.3, -0.25) is 4.79 Å². The molecule has 0 bridgehead atoms. The summed E-state index contributed by atoms with van der Waals surface area (Å²) in [6, 6.07) is 9.81. The molecule has 0 N–H and O–H groups in total. The third kappa shape index (κ3) is 2.39. The molecule has 2 rings (SSSR count). The maximum atomic E-state index is 12.1. The zero-order valence-corrected chi connectivity index (χ0v) is 10.1. The topological polar surface area (TPSA) is 17.1 Å². The number of rotatable bonds is 4. The predicted molar refractivity (Wildman–Crippen MR) is 68.2 cm³/mol. The van der Waals surface area contributed by atoms with E-state index in [1.54, 1.807) is 11.3 Å². The quantitative estimate of drug-likeness (QED) is 0.727. The van der Waals surface area contributed by atoms with Gasteiger partial charge in [0.05, 0.1) is 0 Å². The summed E-state index contributed by atoms with van der Waals surface area (Å²) in [6.07, 6.45) is 2.14. The molecule has 1 heterocycles. The van der Waals surface area contributed by atoms with Gasteiger partial charge >= 0.3 is 0 Å². The van der Waals surface area contributed by atoms with Crippen LogP contribution in [0.1, 0.15) is 34.8 Å². The average molecular weight is 230 g/mol. The number of ketones is 1. The minimum Gasteiger partial charge on any atom is -0.289 e. The highest BCUT2D eigenvalue weighted by molar-refractivity contribution is 7.08. The Labute approximate surface area is 99.8 Å². The number of carbonyl (C=O) groups is 1. The molecule has 0 aliphatic rings. The van der Waals surface area contributed by atoms with Crippen molar-refractivity contribution in [2.75, 3.05) is 0 Å². The standard InChI is InChI=1S/C14H14OS/c1-2-4-11-5-3-6-12(9-11)14(15)13-7-8-16-10-13/h3,5-10H,2,4H2,1H3. The van der Waals surface area contributed by atoms with Crippen LogP contribution in [0.2, 0.25) is 0 Å². The number of thiophene rings is 1. The van der Waals surface area contributed by atoms with Crippen LogP contribution in [-0.4, -0.2) is 5.78 Å². The van der Waals surface area contributed by atoms with Gasteiger partial charge in [0, 0.05) is 16.5 Å². The molecule has 2 heteroatoms. The van der Waals surface area contributed by atoms with Gasteiger partial charge in [-0.15, -0.1) is 0 Å². The van der Waals surface area contributed by atoms with Gasteiger partial charge in [-0.1, -0.05) is 31.5 Å². The van der Waals surface area contributed by atoms with Gasteiger partial charge in [0.25, 0.3) is 0 Å². The van der Waals surface area contributed by atoms with Crippen molar-refractivity contribution in [1.29, 1.82) is 0 Å². The molecule has 0 aliphatic heterocycles. The molecule has 1 aromatic carbocycles. The van der Waals surface area contributed by atoms with Crippen molar-refractivity contribution in [3.05, 3.63) is 57.8 Å². The van der Waals surface area contributed by atoms with Crippen LogP contribution in [0, 0.1) is 0 Å². The van der Waals surface area contributed by atoms with Crippen LogP contribution in [0.5, 0.6) is 0 Å². The largest absolute Gasteiger partial charge is 0.289 e. The van der Waals surface area contributed by atoms with Crippen LogP contribution in [0.15, 0.2) is 41.1 Å². The van der Waals surface area contributed by atoms with E-state index in [1.165, 1.54) is 5.56 Å². The summed E-state index contributed by atoms with van der Waals surface area (Å²) in [5.41, 5.74) is 2.83. The molecule has 1 aromatic heterocycles. The highest BCUT2D eigenvalue weighted by Crippen LogP contribution is 2.15. The van der Waals surface area contributed by atoms with Crippen LogP contribution in [0.25, 0.3) is 0 Å². The first-order chi connectivity index (χ1) is 7.81. The van der Waals surface area contributed by atoms with Crippen molar-refractivity contribution < 1.29 is 4.79 Å². The Kier molecular flexibility index (Phi) is 3.52. The van der Waals surface area contributed by atoms with E-state index in [1.807, 2.05) is 35.0 Å². The maximum absolute atomic E-state index is 12.1. The van der Waals surface area contributed by atoms with Crippen molar-refractivity contribution in [3.63, 3.8) is 0 Å². The molecule has 0 spiro atoms. The highest BCUT2D eigenvalue weighted by atomic mass is 32.1. The molecule has 0 saturated heterocycles. The fourth-order valence-corrected chi connectivity index (χ4v) is 2.35. The molecule has 82 valence electrons. The Hall–Kier alpha value is -1.41. The molecular weight excluding hydrogens is 216 g/mol. The lowest BCUT2D eigenvalue weighted by molar-refractivity contribution is 0.103. The summed E-state index contributed by atoms with van der Waals surface area (Å²) < 4.78 is 0. The fourth-order valence-electron chi connectivity index (χ4n) is 1.72. The summed E-state index contributed by atoms with van der Waals surface area (Å²) in [5.74, 6) is 0.124. The van der Waals surface area contributed by atoms with E-state index in [2.05, 4.69) is 13.0 Å². The van der Waals surface area contributed by atoms with Gasteiger partial charge in [-0.05, 0) is 29.5 Å². The Morgan fingerprint density at radius 2 is 2.12 bits per heavy atom. The summed E-state index contributed by atoms with van der Waals surface area (Å²) in [6.45, 7) is 2.15. The molecule has 0 aliphatic carbocycles. The SMILES string of the molecule is CCCc1cccc(C(=O)c2ccsc2)c1. The van der Waals surface area contributed by atoms with E-state index >= 15 is 0 Å². The zero-order chi connectivity index (χ0) is 11.4. The number of aryl methyl sites for hydroxylation is 1. The molecule has 0 amide bonds. The van der Waals surface area contributed by atoms with E-state index in [0.717, 1.165) is 24.0 Å². The second-order valence-electron chi connectivity index (χ2n) is 3.79. The van der Waals surface area contributed by atoms with Gasteiger partial charge in [0.15, 0.2) is 5.78 Å². The highest BCUT2D eigenvalue weighted by Gasteiger charge is 2.09. The molecular formula is C14H14OS. The molecule has 0 unspecified atom stereocenters. The number of hydrogen-bond acceptors (Lipinski definition) is 2. The van der Waals surface area contributed by atoms with Crippen LogP contribution in [-0.2, 0) is 6.42 Å². The molecule has 1 nitrogen and oxygen atoms in total. The van der Waals surface area contributed by atoms with E-state index < -0.39 is 0 Å². The van der Waals surface area contributed by atoms with Crippen LogP contribution in [0.3, 0.4) is 0 Å². The number of carbonyl (C=O) groups excluding carboxylic acids is 1. The molecule has 0 fully saturated rings. The third-order valence-corrected chi connectivity index (χ3v) is 3.19. The summed E-state index contributed by atoms with van der Waals surface area (Å²) in [7, 11) is 0.